The highest BCUT2D eigenvalue weighted by Crippen LogP contribution is 2.32. The molecule has 114 valence electrons. The molecule has 0 aliphatic heterocycles. The van der Waals surface area contributed by atoms with Crippen LogP contribution in [0.2, 0.25) is 0 Å². The Balaban J connectivity index is 1.61. The molecule has 0 spiro atoms. The first kappa shape index (κ1) is 14.9. The van der Waals surface area contributed by atoms with E-state index in [0.717, 1.165) is 37.1 Å². The van der Waals surface area contributed by atoms with E-state index in [0.29, 0.717) is 6.54 Å². The second-order valence-electron chi connectivity index (χ2n) is 6.58. The second-order valence-corrected chi connectivity index (χ2v) is 7.53. The molecule has 0 bridgehead atoms. The number of thiophene rings is 1. The van der Waals surface area contributed by atoms with Gasteiger partial charge in [-0.2, -0.15) is 0 Å². The van der Waals surface area contributed by atoms with E-state index >= 15 is 0 Å². The van der Waals surface area contributed by atoms with Gasteiger partial charge >= 0.3 is 0 Å². The third kappa shape index (κ3) is 3.44. The third-order valence-electron chi connectivity index (χ3n) is 4.77. The van der Waals surface area contributed by atoms with Gasteiger partial charge in [-0.15, -0.1) is 11.3 Å². The SMILES string of the molecule is CC1CCC(O)(CNC(C)c2cnc3ccsc3c2)CC1. The van der Waals surface area contributed by atoms with Crippen molar-refractivity contribution in [2.24, 2.45) is 5.92 Å². The van der Waals surface area contributed by atoms with Crippen molar-refractivity contribution < 1.29 is 5.11 Å². The third-order valence-corrected chi connectivity index (χ3v) is 5.62. The predicted octanol–water partition coefficient (Wildman–Crippen LogP) is 3.89. The molecule has 1 fully saturated rings. The minimum absolute atomic E-state index is 0.215. The van der Waals surface area contributed by atoms with Gasteiger partial charge in [0.15, 0.2) is 0 Å². The molecule has 0 saturated heterocycles. The van der Waals surface area contributed by atoms with Gasteiger partial charge in [0.05, 0.1) is 15.8 Å². The quantitative estimate of drug-likeness (QED) is 0.901. The summed E-state index contributed by atoms with van der Waals surface area (Å²) in [5.41, 5.74) is 1.73. The average Bonchev–Trinajstić information content (AvgIpc) is 2.96. The summed E-state index contributed by atoms with van der Waals surface area (Å²) < 4.78 is 1.23. The van der Waals surface area contributed by atoms with E-state index in [4.69, 9.17) is 0 Å². The van der Waals surface area contributed by atoms with Gasteiger partial charge in [0, 0.05) is 18.8 Å². The van der Waals surface area contributed by atoms with E-state index in [1.165, 1.54) is 10.3 Å². The maximum absolute atomic E-state index is 10.6. The van der Waals surface area contributed by atoms with Crippen molar-refractivity contribution in [1.82, 2.24) is 10.3 Å². The van der Waals surface area contributed by atoms with Gasteiger partial charge in [-0.1, -0.05) is 6.92 Å². The molecule has 2 aromatic heterocycles. The fourth-order valence-corrected chi connectivity index (χ4v) is 3.82. The number of fused-ring (bicyclic) bond motifs is 1. The average molecular weight is 304 g/mol. The van der Waals surface area contributed by atoms with E-state index in [1.807, 2.05) is 12.3 Å². The Morgan fingerprint density at radius 1 is 1.48 bits per heavy atom. The molecule has 21 heavy (non-hydrogen) atoms. The smallest absolute Gasteiger partial charge is 0.0809 e. The van der Waals surface area contributed by atoms with Gasteiger partial charge in [-0.3, -0.25) is 4.98 Å². The number of nitrogens with zero attached hydrogens (tertiary/aromatic N) is 1. The molecule has 1 aliphatic rings. The zero-order chi connectivity index (χ0) is 14.9. The van der Waals surface area contributed by atoms with Gasteiger partial charge in [-0.05, 0) is 61.6 Å². The summed E-state index contributed by atoms with van der Waals surface area (Å²) in [6.45, 7) is 5.09. The Kier molecular flexibility index (Phi) is 4.29. The van der Waals surface area contributed by atoms with Crippen LogP contribution in [0.4, 0.5) is 0 Å². The van der Waals surface area contributed by atoms with Gasteiger partial charge in [-0.25, -0.2) is 0 Å². The minimum Gasteiger partial charge on any atom is -0.389 e. The van der Waals surface area contributed by atoms with Crippen molar-refractivity contribution in [1.29, 1.82) is 0 Å². The molecule has 1 saturated carbocycles. The summed E-state index contributed by atoms with van der Waals surface area (Å²) in [6.07, 6.45) is 6.04. The van der Waals surface area contributed by atoms with Crippen LogP contribution in [0.1, 0.15) is 51.1 Å². The van der Waals surface area contributed by atoms with Gasteiger partial charge in [0.25, 0.3) is 0 Å². The monoisotopic (exact) mass is 304 g/mol. The molecule has 2 N–H and O–H groups in total. The van der Waals surface area contributed by atoms with Crippen molar-refractivity contribution in [3.05, 3.63) is 29.3 Å². The van der Waals surface area contributed by atoms with Crippen molar-refractivity contribution in [3.8, 4) is 0 Å². The summed E-state index contributed by atoms with van der Waals surface area (Å²) in [6, 6.07) is 4.47. The number of rotatable bonds is 4. The zero-order valence-corrected chi connectivity index (χ0v) is 13.6. The number of nitrogens with one attached hydrogen (secondary N) is 1. The highest BCUT2D eigenvalue weighted by atomic mass is 32.1. The first-order valence-electron chi connectivity index (χ1n) is 7.85. The van der Waals surface area contributed by atoms with Gasteiger partial charge < -0.3 is 10.4 Å². The Morgan fingerprint density at radius 2 is 2.24 bits per heavy atom. The molecule has 4 heteroatoms. The lowest BCUT2D eigenvalue weighted by Gasteiger charge is -2.36. The van der Waals surface area contributed by atoms with E-state index in [-0.39, 0.29) is 6.04 Å². The second kappa shape index (κ2) is 6.03. The van der Waals surface area contributed by atoms with Crippen LogP contribution in [-0.4, -0.2) is 22.2 Å². The molecule has 1 unspecified atom stereocenters. The van der Waals surface area contributed by atoms with E-state index in [1.54, 1.807) is 11.3 Å². The zero-order valence-electron chi connectivity index (χ0n) is 12.8. The topological polar surface area (TPSA) is 45.1 Å². The Bertz CT molecular complexity index is 602. The van der Waals surface area contributed by atoms with Crippen LogP contribution < -0.4 is 5.32 Å². The van der Waals surface area contributed by atoms with Crippen LogP contribution in [0.25, 0.3) is 10.2 Å². The minimum atomic E-state index is -0.527. The molecule has 0 aromatic carbocycles. The van der Waals surface area contributed by atoms with Crippen LogP contribution in [0.5, 0.6) is 0 Å². The first-order valence-corrected chi connectivity index (χ1v) is 8.73. The predicted molar refractivity (Wildman–Crippen MR) is 88.6 cm³/mol. The highest BCUT2D eigenvalue weighted by molar-refractivity contribution is 7.17. The van der Waals surface area contributed by atoms with Gasteiger partial charge in [0.2, 0.25) is 0 Å². The van der Waals surface area contributed by atoms with Crippen molar-refractivity contribution in [3.63, 3.8) is 0 Å². The normalized spacial score (nSPS) is 27.9. The van der Waals surface area contributed by atoms with Crippen LogP contribution in [0.15, 0.2) is 23.7 Å². The number of aromatic nitrogens is 1. The Hall–Kier alpha value is -0.970. The number of hydrogen-bond acceptors (Lipinski definition) is 4. The van der Waals surface area contributed by atoms with Crippen LogP contribution in [0.3, 0.4) is 0 Å². The van der Waals surface area contributed by atoms with Crippen molar-refractivity contribution in [2.75, 3.05) is 6.54 Å². The number of hydrogen-bond donors (Lipinski definition) is 2. The lowest BCUT2D eigenvalue weighted by molar-refractivity contribution is -0.00784. The summed E-state index contributed by atoms with van der Waals surface area (Å²) in [4.78, 5) is 4.49. The highest BCUT2D eigenvalue weighted by Gasteiger charge is 2.31. The molecule has 0 radical (unpaired) electrons. The molecule has 1 atom stereocenters. The molecule has 1 aliphatic carbocycles. The van der Waals surface area contributed by atoms with Crippen molar-refractivity contribution in [2.45, 2.75) is 51.2 Å². The maximum Gasteiger partial charge on any atom is 0.0809 e. The molecule has 2 aromatic rings. The molecular formula is C17H24N2OS. The standard InChI is InChI=1S/C17H24N2OS/c1-12-3-6-17(20,7-4-12)11-19-13(2)14-9-16-15(18-10-14)5-8-21-16/h5,8-10,12-13,19-20H,3-4,6-7,11H2,1-2H3. The van der Waals surface area contributed by atoms with E-state index in [2.05, 4.69) is 35.6 Å². The maximum atomic E-state index is 10.6. The summed E-state index contributed by atoms with van der Waals surface area (Å²) >= 11 is 1.72. The van der Waals surface area contributed by atoms with Crippen LogP contribution >= 0.6 is 11.3 Å². The lowest BCUT2D eigenvalue weighted by Crippen LogP contribution is -2.44. The fourth-order valence-electron chi connectivity index (χ4n) is 3.04. The first-order chi connectivity index (χ1) is 10.1. The lowest BCUT2D eigenvalue weighted by atomic mass is 9.79. The van der Waals surface area contributed by atoms with Crippen LogP contribution in [-0.2, 0) is 0 Å². The van der Waals surface area contributed by atoms with Crippen LogP contribution in [0, 0.1) is 5.92 Å². The van der Waals surface area contributed by atoms with E-state index in [9.17, 15) is 5.11 Å². The summed E-state index contributed by atoms with van der Waals surface area (Å²) in [5.74, 6) is 0.758. The van der Waals surface area contributed by atoms with E-state index < -0.39 is 5.60 Å². The molecular weight excluding hydrogens is 280 g/mol. The number of pyridine rings is 1. The largest absolute Gasteiger partial charge is 0.389 e. The molecule has 0 amide bonds. The number of aliphatic hydroxyl groups is 1. The Morgan fingerprint density at radius 3 is 3.00 bits per heavy atom. The molecule has 3 nitrogen and oxygen atoms in total. The Labute approximate surface area is 130 Å². The fraction of sp³-hybridized carbons (Fsp3) is 0.588. The summed E-state index contributed by atoms with van der Waals surface area (Å²) in [7, 11) is 0. The molecule has 3 rings (SSSR count). The summed E-state index contributed by atoms with van der Waals surface area (Å²) in [5, 5.41) is 16.2. The van der Waals surface area contributed by atoms with Gasteiger partial charge in [0.1, 0.15) is 0 Å². The van der Waals surface area contributed by atoms with Crippen molar-refractivity contribution >= 4 is 21.6 Å². The molecule has 2 heterocycles.